The van der Waals surface area contributed by atoms with Crippen molar-refractivity contribution in [2.24, 2.45) is 5.92 Å². The largest absolute Gasteiger partial charge is 0.299 e. The molecule has 1 aliphatic heterocycles. The van der Waals surface area contributed by atoms with Crippen LogP contribution < -0.4 is 5.32 Å². The van der Waals surface area contributed by atoms with E-state index in [0.29, 0.717) is 12.0 Å². The van der Waals surface area contributed by atoms with Crippen LogP contribution in [-0.4, -0.2) is 12.1 Å². The highest BCUT2D eigenvalue weighted by atomic mass is 15.0. The third kappa shape index (κ3) is 0.650. The second-order valence-electron chi connectivity index (χ2n) is 3.04. The third-order valence-electron chi connectivity index (χ3n) is 2.50. The van der Waals surface area contributed by atoms with Gasteiger partial charge in [0.2, 0.25) is 0 Å². The van der Waals surface area contributed by atoms with Gasteiger partial charge in [0.15, 0.2) is 0 Å². The van der Waals surface area contributed by atoms with Crippen LogP contribution in [0.4, 0.5) is 0 Å². The molecule has 1 heterocycles. The topological polar surface area (TPSA) is 35.8 Å². The fourth-order valence-corrected chi connectivity index (χ4v) is 2.00. The van der Waals surface area contributed by atoms with E-state index in [-0.39, 0.29) is 6.04 Å². The highest BCUT2D eigenvalue weighted by Crippen LogP contribution is 2.34. The zero-order chi connectivity index (χ0) is 6.27. The fraction of sp³-hybridized carbons (Fsp3) is 0.857. The van der Waals surface area contributed by atoms with E-state index in [2.05, 4.69) is 11.4 Å². The lowest BCUT2D eigenvalue weighted by Crippen LogP contribution is -2.33. The van der Waals surface area contributed by atoms with Crippen LogP contribution in [0.15, 0.2) is 0 Å². The maximum atomic E-state index is 8.58. The molecule has 0 aromatic carbocycles. The second kappa shape index (κ2) is 1.71. The van der Waals surface area contributed by atoms with Crippen molar-refractivity contribution in [1.29, 1.82) is 5.26 Å². The summed E-state index contributed by atoms with van der Waals surface area (Å²) in [5.74, 6) is 0.681. The first-order valence-corrected chi connectivity index (χ1v) is 3.56. The Hall–Kier alpha value is -0.550. The quantitative estimate of drug-likeness (QED) is 0.512. The van der Waals surface area contributed by atoms with Crippen LogP contribution in [0.3, 0.4) is 0 Å². The van der Waals surface area contributed by atoms with E-state index in [1.165, 1.54) is 19.3 Å². The molecular weight excluding hydrogens is 112 g/mol. The summed E-state index contributed by atoms with van der Waals surface area (Å²) < 4.78 is 0. The average Bonchev–Trinajstić information content (AvgIpc) is 2.45. The summed E-state index contributed by atoms with van der Waals surface area (Å²) in [4.78, 5) is 0. The lowest BCUT2D eigenvalue weighted by Gasteiger charge is -2.15. The Balaban J connectivity index is 2.12. The Morgan fingerprint density at radius 1 is 1.44 bits per heavy atom. The molecule has 1 saturated heterocycles. The van der Waals surface area contributed by atoms with E-state index in [1.807, 2.05) is 0 Å². The van der Waals surface area contributed by atoms with Crippen molar-refractivity contribution in [2.45, 2.75) is 31.3 Å². The zero-order valence-corrected chi connectivity index (χ0v) is 5.30. The summed E-state index contributed by atoms with van der Waals surface area (Å²) in [7, 11) is 0. The van der Waals surface area contributed by atoms with E-state index in [4.69, 9.17) is 5.26 Å². The number of nitriles is 1. The summed E-state index contributed by atoms with van der Waals surface area (Å²) in [5, 5.41) is 11.9. The maximum Gasteiger partial charge on any atom is 0.0984 e. The molecule has 2 nitrogen and oxygen atoms in total. The average molecular weight is 122 g/mol. The molecule has 9 heavy (non-hydrogen) atoms. The van der Waals surface area contributed by atoms with Crippen LogP contribution in [0.1, 0.15) is 19.3 Å². The van der Waals surface area contributed by atoms with Gasteiger partial charge in [-0.1, -0.05) is 0 Å². The van der Waals surface area contributed by atoms with Gasteiger partial charge in [-0.2, -0.15) is 5.26 Å². The van der Waals surface area contributed by atoms with E-state index in [1.54, 1.807) is 0 Å². The number of piperidine rings is 1. The summed E-state index contributed by atoms with van der Waals surface area (Å²) in [6.45, 7) is 0. The molecule has 1 saturated carbocycles. The van der Waals surface area contributed by atoms with Gasteiger partial charge in [-0.25, -0.2) is 0 Å². The Bertz CT molecular complexity index is 159. The smallest absolute Gasteiger partial charge is 0.0984 e. The number of nitrogens with one attached hydrogen (secondary N) is 1. The predicted octanol–water partition coefficient (Wildman–Crippen LogP) is 0.650. The minimum absolute atomic E-state index is 0.184. The summed E-state index contributed by atoms with van der Waals surface area (Å²) in [5.41, 5.74) is 0. The maximum absolute atomic E-state index is 8.58. The monoisotopic (exact) mass is 122 g/mol. The lowest BCUT2D eigenvalue weighted by atomic mass is 10.0. The molecule has 3 atom stereocenters. The molecule has 2 aliphatic rings. The van der Waals surface area contributed by atoms with Gasteiger partial charge in [0.05, 0.1) is 12.1 Å². The highest BCUT2D eigenvalue weighted by Gasteiger charge is 2.38. The van der Waals surface area contributed by atoms with Crippen LogP contribution in [-0.2, 0) is 0 Å². The van der Waals surface area contributed by atoms with Crippen LogP contribution in [0.5, 0.6) is 0 Å². The van der Waals surface area contributed by atoms with Gasteiger partial charge in [-0.05, 0) is 25.2 Å². The first kappa shape index (κ1) is 5.25. The first-order chi connectivity index (χ1) is 4.40. The molecule has 48 valence electrons. The fourth-order valence-electron chi connectivity index (χ4n) is 2.00. The van der Waals surface area contributed by atoms with Crippen molar-refractivity contribution < 1.29 is 0 Å². The van der Waals surface area contributed by atoms with Crippen molar-refractivity contribution in [3.05, 3.63) is 0 Å². The molecule has 2 rings (SSSR count). The van der Waals surface area contributed by atoms with Gasteiger partial charge in [0.1, 0.15) is 0 Å². The number of fused-ring (bicyclic) bond motifs is 2. The predicted molar refractivity (Wildman–Crippen MR) is 33.7 cm³/mol. The molecule has 2 heteroatoms. The number of hydrogen-bond donors (Lipinski definition) is 1. The first-order valence-electron chi connectivity index (χ1n) is 3.56. The SMILES string of the molecule is N#C[C@H]1N[C@H]2CC[C@@H]1C2. The molecule has 0 aromatic heterocycles. The molecule has 0 amide bonds. The third-order valence-corrected chi connectivity index (χ3v) is 2.50. The normalized spacial score (nSPS) is 47.2. The zero-order valence-electron chi connectivity index (χ0n) is 5.30. The van der Waals surface area contributed by atoms with Crippen LogP contribution in [0.25, 0.3) is 0 Å². The van der Waals surface area contributed by atoms with E-state index >= 15 is 0 Å². The number of hydrogen-bond acceptors (Lipinski definition) is 2. The van der Waals surface area contributed by atoms with Crippen molar-refractivity contribution in [3.8, 4) is 6.07 Å². The minimum atomic E-state index is 0.184. The summed E-state index contributed by atoms with van der Waals surface area (Å²) >= 11 is 0. The van der Waals surface area contributed by atoms with Crippen molar-refractivity contribution in [3.63, 3.8) is 0 Å². The van der Waals surface area contributed by atoms with Crippen LogP contribution >= 0.6 is 0 Å². The molecule has 0 aromatic rings. The van der Waals surface area contributed by atoms with Gasteiger partial charge in [-0.15, -0.1) is 0 Å². The molecule has 2 fully saturated rings. The lowest BCUT2D eigenvalue weighted by molar-refractivity contribution is 0.443. The van der Waals surface area contributed by atoms with Crippen molar-refractivity contribution >= 4 is 0 Å². The molecular formula is C7H10N2. The van der Waals surface area contributed by atoms with Crippen LogP contribution in [0.2, 0.25) is 0 Å². The van der Waals surface area contributed by atoms with Gasteiger partial charge < -0.3 is 0 Å². The number of rotatable bonds is 0. The van der Waals surface area contributed by atoms with Gasteiger partial charge >= 0.3 is 0 Å². The highest BCUT2D eigenvalue weighted by molar-refractivity contribution is 5.06. The second-order valence-corrected chi connectivity index (χ2v) is 3.04. The van der Waals surface area contributed by atoms with Gasteiger partial charge in [0, 0.05) is 6.04 Å². The summed E-state index contributed by atoms with van der Waals surface area (Å²) in [6.07, 6.45) is 3.82. The summed E-state index contributed by atoms with van der Waals surface area (Å²) in [6, 6.07) is 3.15. The molecule has 1 N–H and O–H groups in total. The number of nitrogens with zero attached hydrogens (tertiary/aromatic N) is 1. The Morgan fingerprint density at radius 2 is 2.33 bits per heavy atom. The van der Waals surface area contributed by atoms with Gasteiger partial charge in [0.25, 0.3) is 0 Å². The van der Waals surface area contributed by atoms with E-state index < -0.39 is 0 Å². The molecule has 0 unspecified atom stereocenters. The Kier molecular flexibility index (Phi) is 1.000. The van der Waals surface area contributed by atoms with E-state index in [0.717, 1.165) is 0 Å². The van der Waals surface area contributed by atoms with Crippen molar-refractivity contribution in [1.82, 2.24) is 5.32 Å². The molecule has 0 radical (unpaired) electrons. The standard InChI is InChI=1S/C7H10N2/c8-4-7-5-1-2-6(3-5)9-7/h5-7,9H,1-3H2/t5-,6+,7-/m1/s1. The van der Waals surface area contributed by atoms with Crippen LogP contribution in [0, 0.1) is 17.2 Å². The Morgan fingerprint density at radius 3 is 2.67 bits per heavy atom. The molecule has 2 bridgehead atoms. The minimum Gasteiger partial charge on any atom is -0.299 e. The molecule has 0 spiro atoms. The van der Waals surface area contributed by atoms with Gasteiger partial charge in [-0.3, -0.25) is 5.32 Å². The van der Waals surface area contributed by atoms with Crippen molar-refractivity contribution in [2.75, 3.05) is 0 Å². The Labute approximate surface area is 54.9 Å². The molecule has 1 aliphatic carbocycles. The van der Waals surface area contributed by atoms with E-state index in [9.17, 15) is 0 Å².